The van der Waals surface area contributed by atoms with Gasteiger partial charge in [0, 0.05) is 44.2 Å². The van der Waals surface area contributed by atoms with Crippen molar-refractivity contribution in [1.29, 1.82) is 0 Å². The van der Waals surface area contributed by atoms with Crippen LogP contribution in [0.2, 0.25) is 0 Å². The minimum absolute atomic E-state index is 0.159. The molecule has 1 aliphatic rings. The summed E-state index contributed by atoms with van der Waals surface area (Å²) in [6.45, 7) is 2.57. The molecular formula is C15H20F4N2O. The van der Waals surface area contributed by atoms with Crippen molar-refractivity contribution in [2.24, 2.45) is 0 Å². The van der Waals surface area contributed by atoms with Gasteiger partial charge >= 0.3 is 6.18 Å². The number of hydrogen-bond donors (Lipinski definition) is 1. The average Bonchev–Trinajstić information content (AvgIpc) is 2.49. The maximum atomic E-state index is 14.2. The number of methoxy groups -OCH3 is 1. The third kappa shape index (κ3) is 4.58. The number of piperazine rings is 1. The highest BCUT2D eigenvalue weighted by Crippen LogP contribution is 2.34. The van der Waals surface area contributed by atoms with Crippen LogP contribution >= 0.6 is 0 Å². The summed E-state index contributed by atoms with van der Waals surface area (Å²) in [7, 11) is 1.45. The second-order valence-corrected chi connectivity index (χ2v) is 5.34. The minimum atomic E-state index is -4.25. The molecule has 2 rings (SSSR count). The predicted molar refractivity (Wildman–Crippen MR) is 75.4 cm³/mol. The molecule has 0 amide bonds. The lowest BCUT2D eigenvalue weighted by Crippen LogP contribution is -2.45. The summed E-state index contributed by atoms with van der Waals surface area (Å²) in [6.07, 6.45) is -5.34. The highest BCUT2D eigenvalue weighted by atomic mass is 19.4. The van der Waals surface area contributed by atoms with Gasteiger partial charge in [-0.3, -0.25) is 4.90 Å². The summed E-state index contributed by atoms with van der Waals surface area (Å²) in [5.74, 6) is -0.0462. The van der Waals surface area contributed by atoms with Crippen LogP contribution in [0.4, 0.5) is 17.6 Å². The van der Waals surface area contributed by atoms with Gasteiger partial charge in [0.15, 0.2) is 0 Å². The van der Waals surface area contributed by atoms with E-state index in [1.807, 2.05) is 4.90 Å². The van der Waals surface area contributed by atoms with Crippen LogP contribution in [0.5, 0.6) is 5.75 Å². The van der Waals surface area contributed by atoms with E-state index in [-0.39, 0.29) is 12.0 Å². The van der Waals surface area contributed by atoms with Gasteiger partial charge < -0.3 is 10.1 Å². The highest BCUT2D eigenvalue weighted by molar-refractivity contribution is 5.32. The molecule has 7 heteroatoms. The van der Waals surface area contributed by atoms with Crippen molar-refractivity contribution >= 4 is 0 Å². The molecule has 0 aliphatic carbocycles. The first-order chi connectivity index (χ1) is 10.4. The van der Waals surface area contributed by atoms with Gasteiger partial charge in [0.1, 0.15) is 11.6 Å². The quantitative estimate of drug-likeness (QED) is 0.844. The number of halogens is 4. The second-order valence-electron chi connectivity index (χ2n) is 5.34. The summed E-state index contributed by atoms with van der Waals surface area (Å²) in [5, 5.41) is 3.15. The molecule has 1 saturated heterocycles. The summed E-state index contributed by atoms with van der Waals surface area (Å²) >= 11 is 0. The molecule has 0 aromatic heterocycles. The van der Waals surface area contributed by atoms with Gasteiger partial charge in [0.2, 0.25) is 0 Å². The van der Waals surface area contributed by atoms with Crippen LogP contribution in [0.15, 0.2) is 18.2 Å². The molecule has 124 valence electrons. The van der Waals surface area contributed by atoms with Gasteiger partial charge in [-0.25, -0.2) is 4.39 Å². The smallest absolute Gasteiger partial charge is 0.389 e. The normalized spacial score (nSPS) is 18.2. The molecule has 0 saturated carbocycles. The molecule has 3 nitrogen and oxygen atoms in total. The van der Waals surface area contributed by atoms with E-state index >= 15 is 0 Å². The molecule has 1 aromatic carbocycles. The van der Waals surface area contributed by atoms with Crippen molar-refractivity contribution in [3.8, 4) is 5.75 Å². The van der Waals surface area contributed by atoms with Gasteiger partial charge in [-0.15, -0.1) is 0 Å². The van der Waals surface area contributed by atoms with Crippen molar-refractivity contribution < 1.29 is 22.3 Å². The van der Waals surface area contributed by atoms with E-state index in [2.05, 4.69) is 5.32 Å². The zero-order valence-corrected chi connectivity index (χ0v) is 12.4. The number of hydrogen-bond acceptors (Lipinski definition) is 3. The Morgan fingerprint density at radius 3 is 2.55 bits per heavy atom. The summed E-state index contributed by atoms with van der Waals surface area (Å²) < 4.78 is 57.0. The molecule has 1 N–H and O–H groups in total. The first-order valence-corrected chi connectivity index (χ1v) is 7.25. The molecule has 1 atom stereocenters. The summed E-state index contributed by atoms with van der Waals surface area (Å²) in [5.41, 5.74) is 0.269. The van der Waals surface area contributed by atoms with Crippen LogP contribution in [0, 0.1) is 5.82 Å². The Kier molecular flexibility index (Phi) is 5.63. The largest absolute Gasteiger partial charge is 0.497 e. The standard InChI is InChI=1S/C15H20F4N2O/c1-22-11-2-3-13(16)12(10-11)14(4-5-15(17,18)19)21-8-6-20-7-9-21/h2-3,10,14,20H,4-9H2,1H3/t14-/m1/s1. The Labute approximate surface area is 127 Å². The lowest BCUT2D eigenvalue weighted by atomic mass is 9.98. The molecule has 1 fully saturated rings. The third-order valence-corrected chi connectivity index (χ3v) is 3.86. The second kappa shape index (κ2) is 7.28. The zero-order chi connectivity index (χ0) is 16.2. The third-order valence-electron chi connectivity index (χ3n) is 3.86. The van der Waals surface area contributed by atoms with E-state index in [0.29, 0.717) is 31.9 Å². The van der Waals surface area contributed by atoms with Gasteiger partial charge in [-0.2, -0.15) is 13.2 Å². The van der Waals surface area contributed by atoms with Crippen LogP contribution < -0.4 is 10.1 Å². The van der Waals surface area contributed by atoms with E-state index in [1.54, 1.807) is 0 Å². The first-order valence-electron chi connectivity index (χ1n) is 7.25. The SMILES string of the molecule is COc1ccc(F)c([C@@H](CCC(F)(F)F)N2CCNCC2)c1. The maximum Gasteiger partial charge on any atom is 0.389 e. The Bertz CT molecular complexity index is 487. The Morgan fingerprint density at radius 2 is 1.95 bits per heavy atom. The van der Waals surface area contributed by atoms with E-state index in [9.17, 15) is 17.6 Å². The molecule has 0 unspecified atom stereocenters. The van der Waals surface area contributed by atoms with Crippen LogP contribution in [-0.4, -0.2) is 44.4 Å². The van der Waals surface area contributed by atoms with Crippen LogP contribution in [0.3, 0.4) is 0 Å². The van der Waals surface area contributed by atoms with Crippen molar-refractivity contribution in [2.75, 3.05) is 33.3 Å². The lowest BCUT2D eigenvalue weighted by Gasteiger charge is -2.35. The van der Waals surface area contributed by atoms with E-state index in [0.717, 1.165) is 0 Å². The number of nitrogens with zero attached hydrogens (tertiary/aromatic N) is 1. The molecule has 22 heavy (non-hydrogen) atoms. The minimum Gasteiger partial charge on any atom is -0.497 e. The fourth-order valence-electron chi connectivity index (χ4n) is 2.73. The van der Waals surface area contributed by atoms with E-state index < -0.39 is 24.5 Å². The van der Waals surface area contributed by atoms with Crippen molar-refractivity contribution in [1.82, 2.24) is 10.2 Å². The van der Waals surface area contributed by atoms with Crippen LogP contribution in [-0.2, 0) is 0 Å². The molecule has 1 aromatic rings. The Morgan fingerprint density at radius 1 is 1.27 bits per heavy atom. The highest BCUT2D eigenvalue weighted by Gasteiger charge is 2.32. The zero-order valence-electron chi connectivity index (χ0n) is 12.4. The van der Waals surface area contributed by atoms with E-state index in [4.69, 9.17) is 4.74 Å². The Balaban J connectivity index is 2.25. The van der Waals surface area contributed by atoms with Crippen molar-refractivity contribution in [3.05, 3.63) is 29.6 Å². The van der Waals surface area contributed by atoms with Crippen molar-refractivity contribution in [3.63, 3.8) is 0 Å². The van der Waals surface area contributed by atoms with Gasteiger partial charge in [-0.1, -0.05) is 0 Å². The monoisotopic (exact) mass is 320 g/mol. The molecule has 0 radical (unpaired) electrons. The number of alkyl halides is 3. The van der Waals surface area contributed by atoms with E-state index in [1.165, 1.54) is 25.3 Å². The van der Waals surface area contributed by atoms with Crippen LogP contribution in [0.25, 0.3) is 0 Å². The number of nitrogens with one attached hydrogen (secondary N) is 1. The number of ether oxygens (including phenoxy) is 1. The lowest BCUT2D eigenvalue weighted by molar-refractivity contribution is -0.138. The molecule has 1 aliphatic heterocycles. The number of benzene rings is 1. The molecule has 0 bridgehead atoms. The van der Waals surface area contributed by atoms with Gasteiger partial charge in [-0.05, 0) is 24.6 Å². The van der Waals surface area contributed by atoms with Crippen LogP contribution in [0.1, 0.15) is 24.4 Å². The molecular weight excluding hydrogens is 300 g/mol. The van der Waals surface area contributed by atoms with Crippen molar-refractivity contribution in [2.45, 2.75) is 25.1 Å². The van der Waals surface area contributed by atoms with Gasteiger partial charge in [0.25, 0.3) is 0 Å². The summed E-state index contributed by atoms with van der Waals surface area (Å²) in [4.78, 5) is 1.90. The topological polar surface area (TPSA) is 24.5 Å². The average molecular weight is 320 g/mol. The Hall–Kier alpha value is -1.34. The molecule has 0 spiro atoms. The fourth-order valence-corrected chi connectivity index (χ4v) is 2.73. The molecule has 1 heterocycles. The predicted octanol–water partition coefficient (Wildman–Crippen LogP) is 3.12. The first kappa shape index (κ1) is 17.0. The number of rotatable bonds is 5. The maximum absolute atomic E-state index is 14.2. The van der Waals surface area contributed by atoms with Gasteiger partial charge in [0.05, 0.1) is 7.11 Å². The summed E-state index contributed by atoms with van der Waals surface area (Å²) in [6, 6.07) is 3.62. The fraction of sp³-hybridized carbons (Fsp3) is 0.600.